The number of rotatable bonds is 4. The van der Waals surface area contributed by atoms with Crippen LogP contribution in [0.25, 0.3) is 0 Å². The minimum atomic E-state index is -0.524. The van der Waals surface area contributed by atoms with Crippen LogP contribution in [-0.2, 0) is 11.2 Å². The number of aromatic nitrogens is 1. The van der Waals surface area contributed by atoms with Crippen molar-refractivity contribution in [1.29, 1.82) is 0 Å². The Morgan fingerprint density at radius 2 is 2.19 bits per heavy atom. The number of nitrogens with zero attached hydrogens (tertiary/aromatic N) is 4. The van der Waals surface area contributed by atoms with E-state index in [1.165, 1.54) is 23.9 Å². The molecule has 1 aliphatic heterocycles. The molecule has 7 heteroatoms. The van der Waals surface area contributed by atoms with Gasteiger partial charge in [-0.1, -0.05) is 24.3 Å². The van der Waals surface area contributed by atoms with E-state index in [9.17, 15) is 9.18 Å². The standard InChI is InChI=1S/C20H20FN5O/c1-13-17-6-4-3-5-14(17)7-8-26(13)20(27)18(22)10-19(25-23-2)15-9-16(21)12-24-11-15/h3-6,9-13H,2,7-8,22H2,1H3/t13-/m1/s1. The second kappa shape index (κ2) is 7.90. The Labute approximate surface area is 156 Å². The van der Waals surface area contributed by atoms with Crippen molar-refractivity contribution >= 4 is 18.3 Å². The minimum absolute atomic E-state index is 0.00658. The molecule has 3 rings (SSSR count). The molecule has 0 spiro atoms. The van der Waals surface area contributed by atoms with Gasteiger partial charge in [0, 0.05) is 25.0 Å². The van der Waals surface area contributed by atoms with Crippen molar-refractivity contribution in [3.05, 3.63) is 77.0 Å². The summed E-state index contributed by atoms with van der Waals surface area (Å²) in [6.07, 6.45) is 4.64. The maximum atomic E-state index is 13.5. The molecule has 0 bridgehead atoms. The molecule has 1 aromatic carbocycles. The molecule has 6 nitrogen and oxygen atoms in total. The largest absolute Gasteiger partial charge is 0.394 e. The van der Waals surface area contributed by atoms with Crippen LogP contribution in [-0.4, -0.2) is 34.8 Å². The summed E-state index contributed by atoms with van der Waals surface area (Å²) in [7, 11) is 0. The number of amides is 1. The summed E-state index contributed by atoms with van der Waals surface area (Å²) in [4.78, 5) is 18.4. The van der Waals surface area contributed by atoms with Crippen molar-refractivity contribution in [3.63, 3.8) is 0 Å². The lowest BCUT2D eigenvalue weighted by Gasteiger charge is -2.35. The molecular formula is C20H20FN5O. The van der Waals surface area contributed by atoms with Crippen LogP contribution in [0, 0.1) is 5.82 Å². The Hall–Kier alpha value is -3.35. The van der Waals surface area contributed by atoms with Crippen molar-refractivity contribution < 1.29 is 9.18 Å². The molecular weight excluding hydrogens is 345 g/mol. The van der Waals surface area contributed by atoms with Gasteiger partial charge in [0.1, 0.15) is 5.82 Å². The fourth-order valence-electron chi connectivity index (χ4n) is 3.22. The zero-order chi connectivity index (χ0) is 19.4. The van der Waals surface area contributed by atoms with Crippen LogP contribution in [0.2, 0.25) is 0 Å². The molecule has 0 aliphatic carbocycles. The molecule has 1 aliphatic rings. The number of pyridine rings is 1. The van der Waals surface area contributed by atoms with Crippen LogP contribution in [0.4, 0.5) is 4.39 Å². The number of benzene rings is 1. The molecule has 0 fully saturated rings. The van der Waals surface area contributed by atoms with Gasteiger partial charge in [-0.3, -0.25) is 9.78 Å². The summed E-state index contributed by atoms with van der Waals surface area (Å²) < 4.78 is 13.5. The molecule has 0 unspecified atom stereocenters. The van der Waals surface area contributed by atoms with E-state index in [-0.39, 0.29) is 23.4 Å². The average Bonchev–Trinajstić information content (AvgIpc) is 2.67. The van der Waals surface area contributed by atoms with Crippen molar-refractivity contribution in [2.45, 2.75) is 19.4 Å². The highest BCUT2D eigenvalue weighted by Gasteiger charge is 2.28. The lowest BCUT2D eigenvalue weighted by molar-refractivity contribution is -0.129. The van der Waals surface area contributed by atoms with Gasteiger partial charge in [-0.25, -0.2) is 4.39 Å². The van der Waals surface area contributed by atoms with Crippen LogP contribution >= 0.6 is 0 Å². The van der Waals surface area contributed by atoms with Gasteiger partial charge in [0.05, 0.1) is 23.6 Å². The minimum Gasteiger partial charge on any atom is -0.394 e. The van der Waals surface area contributed by atoms with Crippen LogP contribution in [0.3, 0.4) is 0 Å². The van der Waals surface area contributed by atoms with E-state index in [4.69, 9.17) is 5.73 Å². The summed E-state index contributed by atoms with van der Waals surface area (Å²) in [5.74, 6) is -0.832. The summed E-state index contributed by atoms with van der Waals surface area (Å²) >= 11 is 0. The van der Waals surface area contributed by atoms with Gasteiger partial charge < -0.3 is 10.6 Å². The van der Waals surface area contributed by atoms with E-state index in [1.807, 2.05) is 25.1 Å². The molecule has 1 aromatic heterocycles. The van der Waals surface area contributed by atoms with Crippen molar-refractivity contribution in [2.75, 3.05) is 6.54 Å². The number of carbonyl (C=O) groups is 1. The number of hydrogen-bond donors (Lipinski definition) is 1. The molecule has 2 heterocycles. The van der Waals surface area contributed by atoms with Gasteiger partial charge in [-0.2, -0.15) is 10.2 Å². The Balaban J connectivity index is 1.87. The van der Waals surface area contributed by atoms with Crippen molar-refractivity contribution in [1.82, 2.24) is 9.88 Å². The first-order valence-corrected chi connectivity index (χ1v) is 8.52. The first kappa shape index (κ1) is 18.4. The van der Waals surface area contributed by atoms with Gasteiger partial charge in [0.15, 0.2) is 0 Å². The third kappa shape index (κ3) is 3.92. The molecule has 2 N–H and O–H groups in total. The summed E-state index contributed by atoms with van der Waals surface area (Å²) in [6.45, 7) is 5.85. The van der Waals surface area contributed by atoms with Gasteiger partial charge in [0.25, 0.3) is 5.91 Å². The predicted molar refractivity (Wildman–Crippen MR) is 103 cm³/mol. The average molecular weight is 365 g/mol. The van der Waals surface area contributed by atoms with E-state index in [1.54, 1.807) is 4.90 Å². The number of carbonyl (C=O) groups excluding carboxylic acids is 1. The predicted octanol–water partition coefficient (Wildman–Crippen LogP) is 2.61. The Bertz CT molecular complexity index is 937. The maximum absolute atomic E-state index is 13.5. The topological polar surface area (TPSA) is 83.9 Å². The number of halogens is 1. The second-order valence-corrected chi connectivity index (χ2v) is 6.24. The van der Waals surface area contributed by atoms with Gasteiger partial charge in [-0.05, 0) is 36.6 Å². The van der Waals surface area contributed by atoms with Crippen LogP contribution in [0.1, 0.15) is 29.7 Å². The van der Waals surface area contributed by atoms with E-state index >= 15 is 0 Å². The van der Waals surface area contributed by atoms with Gasteiger partial charge >= 0.3 is 0 Å². The van der Waals surface area contributed by atoms with E-state index in [2.05, 4.69) is 28.0 Å². The lowest BCUT2D eigenvalue weighted by atomic mass is 9.93. The SMILES string of the molecule is C=NN=C(C=C(N)C(=O)N1CCc2ccccc2[C@H]1C)c1cncc(F)c1. The van der Waals surface area contributed by atoms with Gasteiger partial charge in [0.2, 0.25) is 0 Å². The first-order valence-electron chi connectivity index (χ1n) is 8.52. The monoisotopic (exact) mass is 365 g/mol. The van der Waals surface area contributed by atoms with Crippen molar-refractivity contribution in [3.8, 4) is 0 Å². The molecule has 0 radical (unpaired) electrons. The zero-order valence-corrected chi connectivity index (χ0v) is 15.0. The second-order valence-electron chi connectivity index (χ2n) is 6.24. The van der Waals surface area contributed by atoms with Gasteiger partial charge in [-0.15, -0.1) is 0 Å². The first-order chi connectivity index (χ1) is 13.0. The fourth-order valence-corrected chi connectivity index (χ4v) is 3.22. The van der Waals surface area contributed by atoms with Crippen LogP contribution in [0.5, 0.6) is 0 Å². The summed E-state index contributed by atoms with van der Waals surface area (Å²) in [5, 5.41) is 7.33. The molecule has 2 aromatic rings. The molecule has 0 saturated heterocycles. The summed E-state index contributed by atoms with van der Waals surface area (Å²) in [5.41, 5.74) is 8.96. The Morgan fingerprint density at radius 1 is 1.41 bits per heavy atom. The molecule has 138 valence electrons. The van der Waals surface area contributed by atoms with E-state index < -0.39 is 5.82 Å². The third-order valence-electron chi connectivity index (χ3n) is 4.57. The van der Waals surface area contributed by atoms with Crippen LogP contribution < -0.4 is 5.73 Å². The highest BCUT2D eigenvalue weighted by molar-refractivity contribution is 6.12. The summed E-state index contributed by atoms with van der Waals surface area (Å²) in [6, 6.07) is 9.19. The number of hydrogen-bond acceptors (Lipinski definition) is 5. The Kier molecular flexibility index (Phi) is 5.40. The number of fused-ring (bicyclic) bond motifs is 1. The maximum Gasteiger partial charge on any atom is 0.270 e. The van der Waals surface area contributed by atoms with Crippen molar-refractivity contribution in [2.24, 2.45) is 15.9 Å². The number of nitrogens with two attached hydrogens (primary N) is 1. The zero-order valence-electron chi connectivity index (χ0n) is 15.0. The normalized spacial score (nSPS) is 17.4. The van der Waals surface area contributed by atoms with E-state index in [0.717, 1.165) is 18.2 Å². The quantitative estimate of drug-likeness (QED) is 0.513. The van der Waals surface area contributed by atoms with E-state index in [0.29, 0.717) is 12.1 Å². The smallest absolute Gasteiger partial charge is 0.270 e. The number of allylic oxidation sites excluding steroid dienone is 1. The fraction of sp³-hybridized carbons (Fsp3) is 0.200. The highest BCUT2D eigenvalue weighted by Crippen LogP contribution is 2.29. The molecule has 1 amide bonds. The third-order valence-corrected chi connectivity index (χ3v) is 4.57. The lowest BCUT2D eigenvalue weighted by Crippen LogP contribution is -2.41. The van der Waals surface area contributed by atoms with Crippen LogP contribution in [0.15, 0.2) is 64.7 Å². The molecule has 1 atom stereocenters. The Morgan fingerprint density at radius 3 is 2.93 bits per heavy atom. The molecule has 0 saturated carbocycles. The molecule has 27 heavy (non-hydrogen) atoms. The highest BCUT2D eigenvalue weighted by atomic mass is 19.1.